The van der Waals surface area contributed by atoms with Gasteiger partial charge in [0.15, 0.2) is 0 Å². The number of likely N-dealkylation sites (N-methyl/N-ethyl adjacent to an activating group) is 1. The molecule has 1 aromatic heterocycles. The number of amides is 4. The number of nitrogens with one attached hydrogen (secondary N) is 3. The fourth-order valence-corrected chi connectivity index (χ4v) is 2.51. The highest BCUT2D eigenvalue weighted by molar-refractivity contribution is 5.96. The van der Waals surface area contributed by atoms with Crippen molar-refractivity contribution >= 4 is 23.5 Å². The number of alkyl halides is 3. The lowest BCUT2D eigenvalue weighted by Crippen LogP contribution is -2.45. The Balaban J connectivity index is 1.84. The van der Waals surface area contributed by atoms with E-state index in [9.17, 15) is 27.6 Å². The van der Waals surface area contributed by atoms with Gasteiger partial charge >= 0.3 is 12.2 Å². The van der Waals surface area contributed by atoms with Crippen LogP contribution in [0.1, 0.15) is 18.2 Å². The molecule has 30 heavy (non-hydrogen) atoms. The van der Waals surface area contributed by atoms with Crippen molar-refractivity contribution in [3.63, 3.8) is 0 Å². The number of nitrogens with zero attached hydrogens (tertiary/aromatic N) is 1. The molecule has 0 saturated heterocycles. The Bertz CT molecular complexity index is 869. The number of hydrogen-bond donors (Lipinski definition) is 3. The number of urea groups is 1. The smallest absolute Gasteiger partial charge is 0.418 e. The molecule has 0 fully saturated rings. The van der Waals surface area contributed by atoms with Crippen LogP contribution >= 0.6 is 0 Å². The summed E-state index contributed by atoms with van der Waals surface area (Å²) < 4.78 is 44.1. The maximum atomic E-state index is 13.0. The molecule has 0 bridgehead atoms. The van der Waals surface area contributed by atoms with Crippen molar-refractivity contribution in [1.82, 2.24) is 15.5 Å². The minimum absolute atomic E-state index is 0.0879. The number of carbonyl (C=O) groups is 3. The molecule has 1 heterocycles. The Hall–Kier alpha value is -3.34. The summed E-state index contributed by atoms with van der Waals surface area (Å²) in [6, 6.07) is 7.16. The van der Waals surface area contributed by atoms with E-state index in [1.165, 1.54) is 23.3 Å². The molecule has 0 saturated carbocycles. The first-order chi connectivity index (χ1) is 14.2. The molecule has 2 rings (SSSR count). The first kappa shape index (κ1) is 22.9. The monoisotopic (exact) mass is 426 g/mol. The molecule has 162 valence electrons. The fourth-order valence-electron chi connectivity index (χ4n) is 2.51. The van der Waals surface area contributed by atoms with Gasteiger partial charge < -0.3 is 15.1 Å². The molecule has 11 heteroatoms. The number of carbonyl (C=O) groups excluding carboxylic acids is 3. The minimum atomic E-state index is -4.61. The van der Waals surface area contributed by atoms with Crippen LogP contribution in [0.2, 0.25) is 0 Å². The third kappa shape index (κ3) is 7.24. The van der Waals surface area contributed by atoms with E-state index in [0.717, 1.165) is 12.1 Å². The van der Waals surface area contributed by atoms with Crippen LogP contribution in [0.3, 0.4) is 0 Å². The van der Waals surface area contributed by atoms with Crippen LogP contribution in [0.4, 0.5) is 23.7 Å². The summed E-state index contributed by atoms with van der Waals surface area (Å²) in [5.41, 5.74) is -1.33. The van der Waals surface area contributed by atoms with Gasteiger partial charge in [0, 0.05) is 0 Å². The maximum absolute atomic E-state index is 13.0. The molecular formula is C19H21F3N4O4. The van der Waals surface area contributed by atoms with Crippen LogP contribution < -0.4 is 16.0 Å². The number of halogens is 3. The predicted molar refractivity (Wildman–Crippen MR) is 101 cm³/mol. The van der Waals surface area contributed by atoms with Crippen LogP contribution in [0, 0.1) is 0 Å². The largest absolute Gasteiger partial charge is 0.467 e. The molecule has 0 radical (unpaired) electrons. The van der Waals surface area contributed by atoms with Crippen LogP contribution in [0.5, 0.6) is 0 Å². The fraction of sp³-hybridized carbons (Fsp3) is 0.316. The maximum Gasteiger partial charge on any atom is 0.418 e. The number of anilines is 1. The molecule has 8 nitrogen and oxygen atoms in total. The van der Waals surface area contributed by atoms with E-state index >= 15 is 0 Å². The van der Waals surface area contributed by atoms with Crippen LogP contribution in [-0.4, -0.2) is 42.4 Å². The number of hydrogen-bond acceptors (Lipinski definition) is 5. The SMILES string of the molecule is CCN(CC(=O)NC(=O)NCc1ccco1)CC(=O)Nc1ccccc1C(F)(F)F. The van der Waals surface area contributed by atoms with E-state index in [-0.39, 0.29) is 31.9 Å². The van der Waals surface area contributed by atoms with Crippen molar-refractivity contribution in [2.24, 2.45) is 0 Å². The Morgan fingerprint density at radius 2 is 1.73 bits per heavy atom. The van der Waals surface area contributed by atoms with Crippen molar-refractivity contribution in [3.8, 4) is 0 Å². The van der Waals surface area contributed by atoms with Gasteiger partial charge in [-0.25, -0.2) is 4.79 Å². The zero-order chi connectivity index (χ0) is 22.1. The van der Waals surface area contributed by atoms with Gasteiger partial charge in [0.05, 0.1) is 37.1 Å². The second-order valence-corrected chi connectivity index (χ2v) is 6.21. The number of para-hydroxylation sites is 1. The predicted octanol–water partition coefficient (Wildman–Crippen LogP) is 2.58. The molecule has 0 aliphatic heterocycles. The second kappa shape index (κ2) is 10.4. The highest BCUT2D eigenvalue weighted by Gasteiger charge is 2.33. The molecular weight excluding hydrogens is 405 g/mol. The molecule has 2 aromatic rings. The standard InChI is InChI=1S/C19H21F3N4O4/c1-2-26(12-17(28)25-18(29)23-10-13-6-5-9-30-13)11-16(27)24-15-8-4-3-7-14(15)19(20,21)22/h3-9H,2,10-12H2,1H3,(H,24,27)(H2,23,25,28,29). The first-order valence-corrected chi connectivity index (χ1v) is 8.97. The van der Waals surface area contributed by atoms with Crippen molar-refractivity contribution in [1.29, 1.82) is 0 Å². The summed E-state index contributed by atoms with van der Waals surface area (Å²) in [5.74, 6) is -0.885. The molecule has 1 aromatic carbocycles. The normalized spacial score (nSPS) is 11.2. The topological polar surface area (TPSA) is 104 Å². The molecule has 0 spiro atoms. The lowest BCUT2D eigenvalue weighted by atomic mass is 10.1. The van der Waals surface area contributed by atoms with Crippen molar-refractivity contribution in [3.05, 3.63) is 54.0 Å². The van der Waals surface area contributed by atoms with E-state index in [4.69, 9.17) is 4.42 Å². The van der Waals surface area contributed by atoms with Gasteiger partial charge in [0.25, 0.3) is 0 Å². The van der Waals surface area contributed by atoms with Crippen LogP contribution in [0.15, 0.2) is 47.1 Å². The molecule has 0 unspecified atom stereocenters. The summed E-state index contributed by atoms with van der Waals surface area (Å²) in [7, 11) is 0. The van der Waals surface area contributed by atoms with Gasteiger partial charge in [-0.3, -0.25) is 19.8 Å². The molecule has 0 aliphatic rings. The van der Waals surface area contributed by atoms with Crippen molar-refractivity contribution in [2.75, 3.05) is 25.0 Å². The zero-order valence-electron chi connectivity index (χ0n) is 16.1. The van der Waals surface area contributed by atoms with E-state index in [0.29, 0.717) is 5.76 Å². The molecule has 3 N–H and O–H groups in total. The van der Waals surface area contributed by atoms with Gasteiger partial charge in [-0.05, 0) is 30.8 Å². The van der Waals surface area contributed by atoms with E-state index < -0.39 is 29.6 Å². The summed E-state index contributed by atoms with van der Waals surface area (Å²) >= 11 is 0. The van der Waals surface area contributed by atoms with E-state index in [2.05, 4.69) is 16.0 Å². The summed E-state index contributed by atoms with van der Waals surface area (Å²) in [6.45, 7) is 1.39. The Morgan fingerprint density at radius 1 is 1.03 bits per heavy atom. The third-order valence-electron chi connectivity index (χ3n) is 3.94. The number of furan rings is 1. The minimum Gasteiger partial charge on any atom is -0.467 e. The zero-order valence-corrected chi connectivity index (χ0v) is 16.1. The average Bonchev–Trinajstić information content (AvgIpc) is 3.19. The molecule has 0 aliphatic carbocycles. The highest BCUT2D eigenvalue weighted by atomic mass is 19.4. The van der Waals surface area contributed by atoms with Crippen molar-refractivity contribution < 1.29 is 32.0 Å². The van der Waals surface area contributed by atoms with Gasteiger partial charge in [-0.1, -0.05) is 19.1 Å². The molecule has 4 amide bonds. The Labute approximate surface area is 170 Å². The number of rotatable bonds is 8. The first-order valence-electron chi connectivity index (χ1n) is 8.97. The third-order valence-corrected chi connectivity index (χ3v) is 3.94. The van der Waals surface area contributed by atoms with Crippen LogP contribution in [-0.2, 0) is 22.3 Å². The summed E-state index contributed by atoms with van der Waals surface area (Å²) in [5, 5.41) is 6.75. The lowest BCUT2D eigenvalue weighted by molar-refractivity contribution is -0.137. The van der Waals surface area contributed by atoms with Gasteiger partial charge in [-0.15, -0.1) is 0 Å². The second-order valence-electron chi connectivity index (χ2n) is 6.21. The van der Waals surface area contributed by atoms with Gasteiger partial charge in [0.1, 0.15) is 5.76 Å². The van der Waals surface area contributed by atoms with Crippen molar-refractivity contribution in [2.45, 2.75) is 19.6 Å². The average molecular weight is 426 g/mol. The van der Waals surface area contributed by atoms with Crippen LogP contribution in [0.25, 0.3) is 0 Å². The van der Waals surface area contributed by atoms with E-state index in [1.54, 1.807) is 19.1 Å². The summed E-state index contributed by atoms with van der Waals surface area (Å²) in [4.78, 5) is 37.2. The highest BCUT2D eigenvalue weighted by Crippen LogP contribution is 2.34. The quantitative estimate of drug-likeness (QED) is 0.602. The molecule has 0 atom stereocenters. The number of imide groups is 1. The van der Waals surface area contributed by atoms with E-state index in [1.807, 2.05) is 0 Å². The summed E-state index contributed by atoms with van der Waals surface area (Å²) in [6.07, 6.45) is -3.17. The van der Waals surface area contributed by atoms with Gasteiger partial charge in [-0.2, -0.15) is 13.2 Å². The lowest BCUT2D eigenvalue weighted by Gasteiger charge is -2.20. The Morgan fingerprint density at radius 3 is 2.37 bits per heavy atom. The van der Waals surface area contributed by atoms with Gasteiger partial charge in [0.2, 0.25) is 11.8 Å². The number of benzene rings is 1. The Kier molecular flexibility index (Phi) is 7.98.